The van der Waals surface area contributed by atoms with Gasteiger partial charge in [0, 0.05) is 13.1 Å². The highest BCUT2D eigenvalue weighted by Crippen LogP contribution is 2.23. The fraction of sp³-hybridized carbons (Fsp3) is 0.238. The summed E-state index contributed by atoms with van der Waals surface area (Å²) in [5.41, 5.74) is 3.00. The Morgan fingerprint density at radius 1 is 1.07 bits per heavy atom. The van der Waals surface area contributed by atoms with E-state index in [-0.39, 0.29) is 28.7 Å². The summed E-state index contributed by atoms with van der Waals surface area (Å²) in [5, 5.41) is 7.23. The summed E-state index contributed by atoms with van der Waals surface area (Å²) in [6.07, 6.45) is 0. The molecule has 0 saturated heterocycles. The largest absolute Gasteiger partial charge is 0.351 e. The second kappa shape index (κ2) is 8.99. The first kappa shape index (κ1) is 22.0. The van der Waals surface area contributed by atoms with Gasteiger partial charge >= 0.3 is 0 Å². The number of benzene rings is 2. The number of para-hydroxylation sites is 1. The van der Waals surface area contributed by atoms with Crippen molar-refractivity contribution in [2.45, 2.75) is 25.7 Å². The minimum Gasteiger partial charge on any atom is -0.351 e. The minimum atomic E-state index is -3.67. The standard InChI is InChI=1S/C21H23ClN4O3S/c1-14-9-10-15(2)18(13-14)30(28,29)24-12-11-23-21(27)19-16(3)25-26(20(19)22)17-7-5-4-6-8-17/h4-10,13,24H,11-12H2,1-3H3,(H,23,27). The lowest BCUT2D eigenvalue weighted by atomic mass is 10.2. The zero-order valence-corrected chi connectivity index (χ0v) is 18.5. The third-order valence-electron chi connectivity index (χ3n) is 4.57. The molecule has 7 nitrogen and oxygen atoms in total. The Hall–Kier alpha value is -2.68. The number of nitrogens with zero attached hydrogens (tertiary/aromatic N) is 2. The molecule has 9 heteroatoms. The van der Waals surface area contributed by atoms with Crippen molar-refractivity contribution in [1.29, 1.82) is 0 Å². The van der Waals surface area contributed by atoms with Crippen molar-refractivity contribution in [3.63, 3.8) is 0 Å². The lowest BCUT2D eigenvalue weighted by Crippen LogP contribution is -2.35. The first-order valence-electron chi connectivity index (χ1n) is 9.36. The summed E-state index contributed by atoms with van der Waals surface area (Å²) < 4.78 is 29.1. The van der Waals surface area contributed by atoms with Crippen LogP contribution in [0.5, 0.6) is 0 Å². The van der Waals surface area contributed by atoms with Gasteiger partial charge in [0.05, 0.1) is 21.8 Å². The van der Waals surface area contributed by atoms with Crippen LogP contribution in [-0.4, -0.2) is 37.2 Å². The van der Waals surface area contributed by atoms with Crippen LogP contribution in [0, 0.1) is 20.8 Å². The Balaban J connectivity index is 1.64. The summed E-state index contributed by atoms with van der Waals surface area (Å²) in [4.78, 5) is 12.8. The van der Waals surface area contributed by atoms with Gasteiger partial charge in [0.25, 0.3) is 5.91 Å². The second-order valence-electron chi connectivity index (χ2n) is 6.92. The molecule has 1 heterocycles. The highest BCUT2D eigenvalue weighted by Gasteiger charge is 2.21. The van der Waals surface area contributed by atoms with Crippen molar-refractivity contribution in [2.75, 3.05) is 13.1 Å². The fourth-order valence-corrected chi connectivity index (χ4v) is 4.74. The second-order valence-corrected chi connectivity index (χ2v) is 9.01. The van der Waals surface area contributed by atoms with E-state index < -0.39 is 15.9 Å². The average molecular weight is 447 g/mol. The van der Waals surface area contributed by atoms with Crippen LogP contribution < -0.4 is 10.0 Å². The van der Waals surface area contributed by atoms with E-state index in [1.165, 1.54) is 4.68 Å². The monoisotopic (exact) mass is 446 g/mol. The van der Waals surface area contributed by atoms with E-state index in [0.29, 0.717) is 11.3 Å². The normalized spacial score (nSPS) is 11.5. The Morgan fingerprint density at radius 3 is 2.47 bits per heavy atom. The smallest absolute Gasteiger partial charge is 0.256 e. The maximum absolute atomic E-state index is 12.6. The maximum atomic E-state index is 12.6. The van der Waals surface area contributed by atoms with Crippen LogP contribution in [-0.2, 0) is 10.0 Å². The van der Waals surface area contributed by atoms with E-state index >= 15 is 0 Å². The molecule has 0 spiro atoms. The lowest BCUT2D eigenvalue weighted by molar-refractivity contribution is 0.0954. The molecule has 1 aromatic heterocycles. The van der Waals surface area contributed by atoms with E-state index in [1.54, 1.807) is 26.0 Å². The quantitative estimate of drug-likeness (QED) is 0.545. The Kier molecular flexibility index (Phi) is 6.60. The molecule has 0 saturated carbocycles. The molecule has 2 aromatic carbocycles. The zero-order chi connectivity index (χ0) is 21.9. The molecule has 0 radical (unpaired) electrons. The number of amides is 1. The Bertz CT molecular complexity index is 1170. The van der Waals surface area contributed by atoms with Crippen LogP contribution in [0.15, 0.2) is 53.4 Å². The minimum absolute atomic E-state index is 0.0466. The van der Waals surface area contributed by atoms with Crippen molar-refractivity contribution in [2.24, 2.45) is 0 Å². The molecule has 0 fully saturated rings. The van der Waals surface area contributed by atoms with Crippen molar-refractivity contribution < 1.29 is 13.2 Å². The number of hydrogen-bond donors (Lipinski definition) is 2. The molecule has 0 aliphatic heterocycles. The first-order chi connectivity index (χ1) is 14.2. The fourth-order valence-electron chi connectivity index (χ4n) is 3.02. The molecule has 2 N–H and O–H groups in total. The van der Waals surface area contributed by atoms with Crippen LogP contribution in [0.3, 0.4) is 0 Å². The number of hydrogen-bond acceptors (Lipinski definition) is 4. The van der Waals surface area contributed by atoms with Crippen LogP contribution in [0.2, 0.25) is 5.15 Å². The zero-order valence-electron chi connectivity index (χ0n) is 16.9. The van der Waals surface area contributed by atoms with Crippen LogP contribution in [0.1, 0.15) is 27.2 Å². The van der Waals surface area contributed by atoms with Gasteiger partial charge in [-0.05, 0) is 50.1 Å². The molecule has 0 bridgehead atoms. The highest BCUT2D eigenvalue weighted by molar-refractivity contribution is 7.89. The number of aromatic nitrogens is 2. The van der Waals surface area contributed by atoms with Crippen LogP contribution in [0.4, 0.5) is 0 Å². The van der Waals surface area contributed by atoms with E-state index in [1.807, 2.05) is 43.3 Å². The molecule has 0 unspecified atom stereocenters. The summed E-state index contributed by atoms with van der Waals surface area (Å²) in [5.74, 6) is -0.411. The number of rotatable bonds is 7. The van der Waals surface area contributed by atoms with Crippen molar-refractivity contribution in [1.82, 2.24) is 19.8 Å². The summed E-state index contributed by atoms with van der Waals surface area (Å²) >= 11 is 6.38. The number of aryl methyl sites for hydroxylation is 3. The van der Waals surface area contributed by atoms with E-state index in [2.05, 4.69) is 15.1 Å². The molecule has 158 valence electrons. The third kappa shape index (κ3) is 4.72. The predicted octanol–water partition coefficient (Wildman–Crippen LogP) is 3.16. The molecular weight excluding hydrogens is 424 g/mol. The molecule has 0 atom stereocenters. The van der Waals surface area contributed by atoms with E-state index in [4.69, 9.17) is 11.6 Å². The van der Waals surface area contributed by atoms with E-state index in [9.17, 15) is 13.2 Å². The van der Waals surface area contributed by atoms with Gasteiger partial charge in [-0.15, -0.1) is 0 Å². The van der Waals surface area contributed by atoms with Gasteiger partial charge in [0.15, 0.2) is 0 Å². The van der Waals surface area contributed by atoms with Gasteiger partial charge in [-0.3, -0.25) is 4.79 Å². The maximum Gasteiger partial charge on any atom is 0.256 e. The van der Waals surface area contributed by atoms with Crippen molar-refractivity contribution >= 4 is 27.5 Å². The summed E-state index contributed by atoms with van der Waals surface area (Å²) in [7, 11) is -3.67. The summed E-state index contributed by atoms with van der Waals surface area (Å²) in [6, 6.07) is 14.5. The van der Waals surface area contributed by atoms with Gasteiger partial charge in [-0.2, -0.15) is 5.10 Å². The Labute approximate surface area is 181 Å². The van der Waals surface area contributed by atoms with Gasteiger partial charge < -0.3 is 5.32 Å². The first-order valence-corrected chi connectivity index (χ1v) is 11.2. The molecule has 0 aliphatic carbocycles. The van der Waals surface area contributed by atoms with Gasteiger partial charge in [-0.1, -0.05) is 41.9 Å². The van der Waals surface area contributed by atoms with Crippen LogP contribution >= 0.6 is 11.6 Å². The predicted molar refractivity (Wildman–Crippen MR) is 117 cm³/mol. The number of nitrogens with one attached hydrogen (secondary N) is 2. The van der Waals surface area contributed by atoms with Gasteiger partial charge in [0.1, 0.15) is 5.15 Å². The van der Waals surface area contributed by atoms with Gasteiger partial charge in [0.2, 0.25) is 10.0 Å². The van der Waals surface area contributed by atoms with E-state index in [0.717, 1.165) is 11.3 Å². The van der Waals surface area contributed by atoms with Crippen molar-refractivity contribution in [3.8, 4) is 5.69 Å². The third-order valence-corrected chi connectivity index (χ3v) is 6.52. The Morgan fingerprint density at radius 2 is 1.77 bits per heavy atom. The number of sulfonamides is 1. The number of carbonyl (C=O) groups excluding carboxylic acids is 1. The molecular formula is C21H23ClN4O3S. The highest BCUT2D eigenvalue weighted by atomic mass is 35.5. The van der Waals surface area contributed by atoms with Crippen LogP contribution in [0.25, 0.3) is 5.69 Å². The lowest BCUT2D eigenvalue weighted by Gasteiger charge is -2.11. The number of halogens is 1. The number of carbonyl (C=O) groups is 1. The molecule has 0 aliphatic rings. The van der Waals surface area contributed by atoms with Crippen molar-refractivity contribution in [3.05, 3.63) is 76.1 Å². The molecule has 30 heavy (non-hydrogen) atoms. The molecule has 3 rings (SSSR count). The SMILES string of the molecule is Cc1ccc(C)c(S(=O)(=O)NCCNC(=O)c2c(C)nn(-c3ccccc3)c2Cl)c1. The molecule has 3 aromatic rings. The van der Waals surface area contributed by atoms with Gasteiger partial charge in [-0.25, -0.2) is 17.8 Å². The summed E-state index contributed by atoms with van der Waals surface area (Å²) in [6.45, 7) is 5.43. The topological polar surface area (TPSA) is 93.1 Å². The molecule has 1 amide bonds. The average Bonchev–Trinajstić information content (AvgIpc) is 3.01.